The molecule has 1 unspecified atom stereocenters. The normalized spacial score (nSPS) is 18.5. The summed E-state index contributed by atoms with van der Waals surface area (Å²) in [5.41, 5.74) is 6.60. The van der Waals surface area contributed by atoms with Crippen LogP contribution in [0.2, 0.25) is 0 Å². The molecule has 5 heteroatoms. The number of para-hydroxylation sites is 1. The molecule has 0 aliphatic carbocycles. The van der Waals surface area contributed by atoms with Gasteiger partial charge in [0.2, 0.25) is 5.95 Å². The molecule has 0 saturated heterocycles. The smallest absolute Gasteiger partial charge is 0.239 e. The first-order valence-corrected chi connectivity index (χ1v) is 4.74. The summed E-state index contributed by atoms with van der Waals surface area (Å²) in [5, 5.41) is 6.64. The van der Waals surface area contributed by atoms with E-state index in [1.165, 1.54) is 0 Å². The van der Waals surface area contributed by atoms with E-state index in [0.29, 0.717) is 6.61 Å². The van der Waals surface area contributed by atoms with Gasteiger partial charge in [-0.15, -0.1) is 5.10 Å². The van der Waals surface area contributed by atoms with Gasteiger partial charge in [0.05, 0.1) is 5.92 Å². The van der Waals surface area contributed by atoms with Gasteiger partial charge in [0, 0.05) is 5.56 Å². The Morgan fingerprint density at radius 3 is 3.07 bits per heavy atom. The molecular weight excluding hydrogens is 192 g/mol. The highest BCUT2D eigenvalue weighted by atomic mass is 16.5. The highest BCUT2D eigenvalue weighted by Crippen LogP contribution is 2.36. The van der Waals surface area contributed by atoms with Gasteiger partial charge in [-0.1, -0.05) is 18.2 Å². The van der Waals surface area contributed by atoms with E-state index in [4.69, 9.17) is 10.5 Å². The van der Waals surface area contributed by atoms with Gasteiger partial charge in [-0.25, -0.2) is 0 Å². The van der Waals surface area contributed by atoms with Crippen LogP contribution in [0.25, 0.3) is 0 Å². The Morgan fingerprint density at radius 1 is 1.40 bits per heavy atom. The number of nitrogen functional groups attached to an aromatic ring is 1. The molecule has 0 amide bonds. The Balaban J connectivity index is 2.04. The molecule has 0 saturated carbocycles. The largest absolute Gasteiger partial charge is 0.492 e. The first-order chi connectivity index (χ1) is 7.34. The summed E-state index contributed by atoms with van der Waals surface area (Å²) in [7, 11) is 0. The number of ether oxygens (including phenoxy) is 1. The van der Waals surface area contributed by atoms with Gasteiger partial charge >= 0.3 is 0 Å². The Bertz CT molecular complexity index is 494. The Morgan fingerprint density at radius 2 is 2.27 bits per heavy atom. The van der Waals surface area contributed by atoms with Crippen molar-refractivity contribution in [2.24, 2.45) is 0 Å². The molecule has 1 aliphatic rings. The predicted molar refractivity (Wildman–Crippen MR) is 54.6 cm³/mol. The highest BCUT2D eigenvalue weighted by Gasteiger charge is 2.27. The maximum atomic E-state index is 5.55. The van der Waals surface area contributed by atoms with Crippen molar-refractivity contribution in [2.45, 2.75) is 5.92 Å². The van der Waals surface area contributed by atoms with Crippen molar-refractivity contribution >= 4 is 5.95 Å². The minimum Gasteiger partial charge on any atom is -0.492 e. The summed E-state index contributed by atoms with van der Waals surface area (Å²) >= 11 is 0. The van der Waals surface area contributed by atoms with Crippen molar-refractivity contribution in [3.63, 3.8) is 0 Å². The number of nitrogens with two attached hydrogens (primary N) is 1. The molecule has 0 spiro atoms. The summed E-state index contributed by atoms with van der Waals surface area (Å²) in [6, 6.07) is 7.93. The standard InChI is InChI=1S/C10H10N4O/c11-10-12-9(13-14-10)7-5-15-8-4-2-1-3-6(7)8/h1-4,7H,5H2,(H3,11,12,13,14). The van der Waals surface area contributed by atoms with Crippen molar-refractivity contribution in [2.75, 3.05) is 12.3 Å². The number of hydrogen-bond donors (Lipinski definition) is 2. The number of anilines is 1. The number of aromatic nitrogens is 3. The van der Waals surface area contributed by atoms with Crippen LogP contribution in [-0.4, -0.2) is 21.8 Å². The van der Waals surface area contributed by atoms with Crippen molar-refractivity contribution in [3.05, 3.63) is 35.7 Å². The molecule has 3 rings (SSSR count). The van der Waals surface area contributed by atoms with Gasteiger partial charge in [0.15, 0.2) is 0 Å². The number of rotatable bonds is 1. The van der Waals surface area contributed by atoms with Gasteiger partial charge in [-0.3, -0.25) is 5.10 Å². The molecule has 2 heterocycles. The van der Waals surface area contributed by atoms with Gasteiger partial charge in [-0.2, -0.15) is 4.98 Å². The average molecular weight is 202 g/mol. The van der Waals surface area contributed by atoms with Crippen molar-refractivity contribution < 1.29 is 4.74 Å². The van der Waals surface area contributed by atoms with Gasteiger partial charge in [-0.05, 0) is 6.07 Å². The zero-order chi connectivity index (χ0) is 10.3. The van der Waals surface area contributed by atoms with E-state index in [-0.39, 0.29) is 11.9 Å². The molecule has 1 atom stereocenters. The number of hydrogen-bond acceptors (Lipinski definition) is 4. The minimum atomic E-state index is 0.117. The van der Waals surface area contributed by atoms with Crippen LogP contribution in [0.5, 0.6) is 5.75 Å². The minimum absolute atomic E-state index is 0.117. The number of benzene rings is 1. The van der Waals surface area contributed by atoms with Gasteiger partial charge in [0.25, 0.3) is 0 Å². The number of H-pyrrole nitrogens is 1. The number of nitrogens with one attached hydrogen (secondary N) is 1. The third kappa shape index (κ3) is 1.24. The van der Waals surface area contributed by atoms with E-state index in [1.54, 1.807) is 0 Å². The fraction of sp³-hybridized carbons (Fsp3) is 0.200. The zero-order valence-electron chi connectivity index (χ0n) is 7.97. The lowest BCUT2D eigenvalue weighted by atomic mass is 10.0. The van der Waals surface area contributed by atoms with E-state index in [2.05, 4.69) is 15.2 Å². The van der Waals surface area contributed by atoms with Crippen LogP contribution in [0.3, 0.4) is 0 Å². The van der Waals surface area contributed by atoms with E-state index in [0.717, 1.165) is 17.1 Å². The third-order valence-electron chi connectivity index (χ3n) is 2.55. The number of aromatic amines is 1. The lowest BCUT2D eigenvalue weighted by molar-refractivity contribution is 0.340. The molecule has 1 aromatic heterocycles. The Labute approximate surface area is 86.3 Å². The van der Waals surface area contributed by atoms with Crippen molar-refractivity contribution in [1.82, 2.24) is 15.2 Å². The Kier molecular flexibility index (Phi) is 1.65. The Hall–Kier alpha value is -2.04. The van der Waals surface area contributed by atoms with Crippen LogP contribution in [-0.2, 0) is 0 Å². The molecular formula is C10H10N4O. The van der Waals surface area contributed by atoms with Crippen molar-refractivity contribution in [3.8, 4) is 5.75 Å². The van der Waals surface area contributed by atoms with Gasteiger partial charge < -0.3 is 10.5 Å². The molecule has 1 aromatic carbocycles. The van der Waals surface area contributed by atoms with Crippen LogP contribution in [0.15, 0.2) is 24.3 Å². The van der Waals surface area contributed by atoms with E-state index < -0.39 is 0 Å². The van der Waals surface area contributed by atoms with Crippen LogP contribution < -0.4 is 10.5 Å². The van der Waals surface area contributed by atoms with Crippen LogP contribution in [0, 0.1) is 0 Å². The SMILES string of the molecule is Nc1n[nH]c(C2COc3ccccc32)n1. The summed E-state index contributed by atoms with van der Waals surface area (Å²) in [5.74, 6) is 2.07. The number of nitrogens with zero attached hydrogens (tertiary/aromatic N) is 2. The summed E-state index contributed by atoms with van der Waals surface area (Å²) in [4.78, 5) is 4.12. The summed E-state index contributed by atoms with van der Waals surface area (Å²) in [6.45, 7) is 0.591. The second-order valence-corrected chi connectivity index (χ2v) is 3.48. The topological polar surface area (TPSA) is 76.8 Å². The lowest BCUT2D eigenvalue weighted by Gasteiger charge is -2.02. The maximum Gasteiger partial charge on any atom is 0.239 e. The molecule has 5 nitrogen and oxygen atoms in total. The third-order valence-corrected chi connectivity index (χ3v) is 2.55. The van der Waals surface area contributed by atoms with Gasteiger partial charge in [0.1, 0.15) is 18.2 Å². The van der Waals surface area contributed by atoms with Crippen LogP contribution in [0.1, 0.15) is 17.3 Å². The first kappa shape index (κ1) is 8.28. The van der Waals surface area contributed by atoms with Crippen LogP contribution >= 0.6 is 0 Å². The molecule has 0 fully saturated rings. The van der Waals surface area contributed by atoms with Crippen molar-refractivity contribution in [1.29, 1.82) is 0 Å². The average Bonchev–Trinajstić information content (AvgIpc) is 2.83. The highest BCUT2D eigenvalue weighted by molar-refractivity contribution is 5.43. The fourth-order valence-electron chi connectivity index (χ4n) is 1.83. The molecule has 2 aromatic rings. The first-order valence-electron chi connectivity index (χ1n) is 4.74. The molecule has 76 valence electrons. The predicted octanol–water partition coefficient (Wildman–Crippen LogP) is 0.911. The van der Waals surface area contributed by atoms with E-state index >= 15 is 0 Å². The summed E-state index contributed by atoms with van der Waals surface area (Å²) in [6.07, 6.45) is 0. The molecule has 0 radical (unpaired) electrons. The molecule has 15 heavy (non-hydrogen) atoms. The quantitative estimate of drug-likeness (QED) is 0.720. The molecule has 3 N–H and O–H groups in total. The monoisotopic (exact) mass is 202 g/mol. The summed E-state index contributed by atoms with van der Waals surface area (Å²) < 4.78 is 5.55. The zero-order valence-corrected chi connectivity index (χ0v) is 7.97. The molecule has 0 bridgehead atoms. The fourth-order valence-corrected chi connectivity index (χ4v) is 1.83. The van der Waals surface area contributed by atoms with E-state index in [1.807, 2.05) is 24.3 Å². The molecule has 1 aliphatic heterocycles. The second-order valence-electron chi connectivity index (χ2n) is 3.48. The lowest BCUT2D eigenvalue weighted by Crippen LogP contribution is -2.04. The maximum absolute atomic E-state index is 5.55. The second kappa shape index (κ2) is 2.98. The van der Waals surface area contributed by atoms with Crippen LogP contribution in [0.4, 0.5) is 5.95 Å². The van der Waals surface area contributed by atoms with E-state index in [9.17, 15) is 0 Å². The number of fused-ring (bicyclic) bond motifs is 1.